The quantitative estimate of drug-likeness (QED) is 0.470. The zero-order chi connectivity index (χ0) is 20.8. The lowest BCUT2D eigenvalue weighted by molar-refractivity contribution is -0.130. The number of rotatable bonds is 7. The number of carboxylic acid groups (broad SMARTS) is 1. The lowest BCUT2D eigenvalue weighted by Crippen LogP contribution is -2.05. The monoisotopic (exact) mass is 393 g/mol. The molecule has 0 atom stereocenters. The van der Waals surface area contributed by atoms with Crippen LogP contribution in [0.4, 0.5) is 0 Å². The third kappa shape index (κ3) is 4.86. The van der Waals surface area contributed by atoms with E-state index in [1.807, 2.05) is 19.1 Å². The molecule has 0 fully saturated rings. The Kier molecular flexibility index (Phi) is 6.03. The van der Waals surface area contributed by atoms with Crippen LogP contribution in [0.2, 0.25) is 0 Å². The van der Waals surface area contributed by atoms with Gasteiger partial charge in [-0.2, -0.15) is 0 Å². The van der Waals surface area contributed by atoms with Crippen LogP contribution in [0.1, 0.15) is 18.2 Å². The molecule has 0 saturated heterocycles. The second-order valence-corrected chi connectivity index (χ2v) is 5.95. The van der Waals surface area contributed by atoms with Crippen LogP contribution in [0.25, 0.3) is 5.57 Å². The minimum Gasteiger partial charge on any atom is -0.500 e. The molecule has 2 aromatic heterocycles. The molecule has 0 aliphatic rings. The number of aliphatic carboxylic acids is 1. The van der Waals surface area contributed by atoms with Gasteiger partial charge < -0.3 is 19.3 Å². The van der Waals surface area contributed by atoms with Gasteiger partial charge in [-0.25, -0.2) is 19.7 Å². The molecule has 0 radical (unpaired) electrons. The Morgan fingerprint density at radius 1 is 0.966 bits per heavy atom. The van der Waals surface area contributed by atoms with E-state index in [1.165, 1.54) is 19.5 Å². The van der Waals surface area contributed by atoms with Gasteiger partial charge in [-0.3, -0.25) is 0 Å². The van der Waals surface area contributed by atoms with E-state index in [0.29, 0.717) is 17.2 Å². The van der Waals surface area contributed by atoms with Gasteiger partial charge in [0.15, 0.2) is 0 Å². The summed E-state index contributed by atoms with van der Waals surface area (Å²) < 4.78 is 16.6. The summed E-state index contributed by atoms with van der Waals surface area (Å²) in [5.74, 6) is 0.257. The molecular weight excluding hydrogens is 374 g/mol. The first-order chi connectivity index (χ1) is 14.0. The molecule has 0 unspecified atom stereocenters. The van der Waals surface area contributed by atoms with Crippen LogP contribution >= 0.6 is 0 Å². The molecule has 0 bridgehead atoms. The first kappa shape index (κ1) is 19.8. The minimum absolute atomic E-state index is 0.00223. The summed E-state index contributed by atoms with van der Waals surface area (Å²) in [6.45, 7) is 3.43. The van der Waals surface area contributed by atoms with E-state index in [2.05, 4.69) is 15.0 Å². The van der Waals surface area contributed by atoms with Gasteiger partial charge in [-0.1, -0.05) is 24.3 Å². The fourth-order valence-corrected chi connectivity index (χ4v) is 2.55. The molecule has 2 heterocycles. The maximum atomic E-state index is 11.7. The molecular formula is C21H19N3O5. The van der Waals surface area contributed by atoms with Crippen LogP contribution in [0, 0.1) is 6.92 Å². The standard InChI is InChI=1S/C21H19N3O5/c1-13-7-6-10-17(24-13)29-19-11-18(22-12-23-19)28-16-9-5-4-8-15(16)20(21(25)26)14(2)27-3/h4-12H,1-3H3,(H,25,26). The molecule has 0 aliphatic heterocycles. The highest BCUT2D eigenvalue weighted by Gasteiger charge is 2.20. The number of hydrogen-bond acceptors (Lipinski definition) is 7. The number of methoxy groups -OCH3 is 1. The number of carbonyl (C=O) groups is 1. The number of hydrogen-bond donors (Lipinski definition) is 1. The van der Waals surface area contributed by atoms with Crippen molar-refractivity contribution in [1.29, 1.82) is 0 Å². The van der Waals surface area contributed by atoms with Gasteiger partial charge in [0, 0.05) is 17.3 Å². The maximum Gasteiger partial charge on any atom is 0.339 e. The Bertz CT molecular complexity index is 1070. The van der Waals surface area contributed by atoms with Gasteiger partial charge in [0.25, 0.3) is 0 Å². The molecule has 29 heavy (non-hydrogen) atoms. The summed E-state index contributed by atoms with van der Waals surface area (Å²) in [5.41, 5.74) is 1.17. The van der Waals surface area contributed by atoms with Crippen molar-refractivity contribution in [2.45, 2.75) is 13.8 Å². The van der Waals surface area contributed by atoms with E-state index < -0.39 is 5.97 Å². The highest BCUT2D eigenvalue weighted by atomic mass is 16.5. The zero-order valence-corrected chi connectivity index (χ0v) is 16.1. The van der Waals surface area contributed by atoms with E-state index in [-0.39, 0.29) is 23.1 Å². The average molecular weight is 393 g/mol. The predicted octanol–water partition coefficient (Wildman–Crippen LogP) is 4.23. The molecule has 0 spiro atoms. The van der Waals surface area contributed by atoms with E-state index in [9.17, 15) is 9.90 Å². The number of benzene rings is 1. The summed E-state index contributed by atoms with van der Waals surface area (Å²) in [4.78, 5) is 24.1. The lowest BCUT2D eigenvalue weighted by atomic mass is 10.0. The fourth-order valence-electron chi connectivity index (χ4n) is 2.55. The van der Waals surface area contributed by atoms with E-state index in [4.69, 9.17) is 14.2 Å². The van der Waals surface area contributed by atoms with E-state index >= 15 is 0 Å². The molecule has 8 heteroatoms. The normalized spacial score (nSPS) is 11.4. The van der Waals surface area contributed by atoms with Crippen molar-refractivity contribution in [2.75, 3.05) is 7.11 Å². The molecule has 0 saturated carbocycles. The molecule has 3 aromatic rings. The van der Waals surface area contributed by atoms with Crippen LogP contribution in [0.15, 0.2) is 60.6 Å². The fraction of sp³-hybridized carbons (Fsp3) is 0.143. The number of para-hydroxylation sites is 1. The number of carboxylic acids is 1. The molecule has 0 aliphatic carbocycles. The summed E-state index contributed by atoms with van der Waals surface area (Å²) in [7, 11) is 1.41. The van der Waals surface area contributed by atoms with Gasteiger partial charge in [0.1, 0.15) is 23.4 Å². The minimum atomic E-state index is -1.13. The van der Waals surface area contributed by atoms with Crippen molar-refractivity contribution >= 4 is 11.5 Å². The van der Waals surface area contributed by atoms with Crippen molar-refractivity contribution in [2.24, 2.45) is 0 Å². The first-order valence-electron chi connectivity index (χ1n) is 8.67. The van der Waals surface area contributed by atoms with Gasteiger partial charge in [0.2, 0.25) is 17.6 Å². The van der Waals surface area contributed by atoms with Gasteiger partial charge in [-0.05, 0) is 26.0 Å². The first-order valence-corrected chi connectivity index (χ1v) is 8.67. The van der Waals surface area contributed by atoms with Gasteiger partial charge in [-0.15, -0.1) is 0 Å². The molecule has 8 nitrogen and oxygen atoms in total. The number of allylic oxidation sites excluding steroid dienone is 1. The van der Waals surface area contributed by atoms with Crippen LogP contribution in [0.3, 0.4) is 0 Å². The zero-order valence-electron chi connectivity index (χ0n) is 16.1. The summed E-state index contributed by atoms with van der Waals surface area (Å²) in [6, 6.07) is 13.6. The van der Waals surface area contributed by atoms with Crippen molar-refractivity contribution in [1.82, 2.24) is 15.0 Å². The Labute approximate surface area is 167 Å². The summed E-state index contributed by atoms with van der Waals surface area (Å²) >= 11 is 0. The molecule has 0 amide bonds. The van der Waals surface area contributed by atoms with Gasteiger partial charge >= 0.3 is 5.97 Å². The number of aromatic nitrogens is 3. The van der Waals surface area contributed by atoms with E-state index in [0.717, 1.165) is 5.69 Å². The van der Waals surface area contributed by atoms with Crippen LogP contribution in [-0.4, -0.2) is 33.1 Å². The summed E-state index contributed by atoms with van der Waals surface area (Å²) in [6.07, 6.45) is 1.29. The average Bonchev–Trinajstić information content (AvgIpc) is 2.69. The largest absolute Gasteiger partial charge is 0.500 e. The SMILES string of the molecule is COC(C)=C(C(=O)O)c1ccccc1Oc1cc(Oc2cccc(C)n2)ncn1. The Balaban J connectivity index is 1.91. The maximum absolute atomic E-state index is 11.7. The molecule has 3 rings (SSSR count). The van der Waals surface area contributed by atoms with Crippen LogP contribution in [0.5, 0.6) is 23.4 Å². The third-order valence-corrected chi connectivity index (χ3v) is 3.93. The molecule has 1 aromatic carbocycles. The number of pyridine rings is 1. The van der Waals surface area contributed by atoms with Crippen molar-refractivity contribution in [3.05, 3.63) is 71.9 Å². The number of ether oxygens (including phenoxy) is 3. The van der Waals surface area contributed by atoms with Crippen molar-refractivity contribution in [3.63, 3.8) is 0 Å². The van der Waals surface area contributed by atoms with Crippen molar-refractivity contribution in [3.8, 4) is 23.4 Å². The highest BCUT2D eigenvalue weighted by Crippen LogP contribution is 2.32. The number of nitrogens with zero attached hydrogens (tertiary/aromatic N) is 3. The topological polar surface area (TPSA) is 104 Å². The molecule has 1 N–H and O–H groups in total. The van der Waals surface area contributed by atoms with E-state index in [1.54, 1.807) is 37.3 Å². The second kappa shape index (κ2) is 8.83. The number of aryl methyl sites for hydroxylation is 1. The Hall–Kier alpha value is -3.94. The third-order valence-electron chi connectivity index (χ3n) is 3.93. The van der Waals surface area contributed by atoms with Gasteiger partial charge in [0.05, 0.1) is 13.2 Å². The van der Waals surface area contributed by atoms with Crippen LogP contribution < -0.4 is 9.47 Å². The highest BCUT2D eigenvalue weighted by molar-refractivity contribution is 6.16. The smallest absolute Gasteiger partial charge is 0.339 e. The predicted molar refractivity (Wildman–Crippen MR) is 105 cm³/mol. The summed E-state index contributed by atoms with van der Waals surface area (Å²) in [5, 5.41) is 9.60. The second-order valence-electron chi connectivity index (χ2n) is 5.95. The molecule has 148 valence electrons. The Morgan fingerprint density at radius 2 is 1.69 bits per heavy atom. The lowest BCUT2D eigenvalue weighted by Gasteiger charge is -2.13. The Morgan fingerprint density at radius 3 is 2.38 bits per heavy atom. The van der Waals surface area contributed by atoms with Crippen molar-refractivity contribution < 1.29 is 24.1 Å². The van der Waals surface area contributed by atoms with Crippen LogP contribution in [-0.2, 0) is 9.53 Å².